The molecule has 0 atom stereocenters. The molecule has 0 amide bonds. The van der Waals surface area contributed by atoms with E-state index in [1.807, 2.05) is 6.08 Å². The summed E-state index contributed by atoms with van der Waals surface area (Å²) in [4.78, 5) is 0. The van der Waals surface area contributed by atoms with Crippen LogP contribution in [0.1, 0.15) is 16.7 Å². The number of fused-ring (bicyclic) bond motifs is 1. The van der Waals surface area contributed by atoms with Crippen molar-refractivity contribution >= 4 is 16.8 Å². The van der Waals surface area contributed by atoms with Gasteiger partial charge in [0.25, 0.3) is 0 Å². The van der Waals surface area contributed by atoms with E-state index in [1.54, 1.807) is 0 Å². The van der Waals surface area contributed by atoms with Crippen LogP contribution in [0.4, 0.5) is 0 Å². The third kappa shape index (κ3) is 2.30. The van der Waals surface area contributed by atoms with Gasteiger partial charge in [0.15, 0.2) is 0 Å². The number of hydrogen-bond donors (Lipinski definition) is 0. The van der Waals surface area contributed by atoms with Gasteiger partial charge < -0.3 is 0 Å². The lowest BCUT2D eigenvalue weighted by Crippen LogP contribution is -1.93. The van der Waals surface area contributed by atoms with Crippen LogP contribution in [0.3, 0.4) is 0 Å². The Labute approximate surface area is 114 Å². The zero-order valence-corrected chi connectivity index (χ0v) is 10.8. The van der Waals surface area contributed by atoms with Crippen molar-refractivity contribution in [1.29, 1.82) is 0 Å². The van der Waals surface area contributed by atoms with Crippen LogP contribution >= 0.6 is 0 Å². The van der Waals surface area contributed by atoms with Crippen molar-refractivity contribution in [2.75, 3.05) is 0 Å². The minimum atomic E-state index is 0.948. The largest absolute Gasteiger partial charge is 0.0985 e. The van der Waals surface area contributed by atoms with Crippen LogP contribution in [0.25, 0.3) is 16.8 Å². The molecule has 0 fully saturated rings. The maximum Gasteiger partial charge on any atom is -0.00137 e. The van der Waals surface area contributed by atoms with Gasteiger partial charge >= 0.3 is 0 Å². The highest BCUT2D eigenvalue weighted by Crippen LogP contribution is 2.25. The molecule has 3 rings (SSSR count). The first kappa shape index (κ1) is 11.7. The van der Waals surface area contributed by atoms with Crippen LogP contribution in [0.2, 0.25) is 0 Å². The SMILES string of the molecule is C=Cc1ccc2ccccc2c1Cc1ccccc1. The van der Waals surface area contributed by atoms with Crippen LogP contribution in [0.5, 0.6) is 0 Å². The topological polar surface area (TPSA) is 0 Å². The second-order valence-electron chi connectivity index (χ2n) is 4.72. The molecule has 0 unspecified atom stereocenters. The third-order valence-electron chi connectivity index (χ3n) is 3.52. The van der Waals surface area contributed by atoms with Gasteiger partial charge in [0.2, 0.25) is 0 Å². The maximum absolute atomic E-state index is 3.94. The summed E-state index contributed by atoms with van der Waals surface area (Å²) in [5, 5.41) is 2.61. The summed E-state index contributed by atoms with van der Waals surface area (Å²) in [6.07, 6.45) is 2.90. The average molecular weight is 244 g/mol. The number of benzene rings is 3. The van der Waals surface area contributed by atoms with Gasteiger partial charge in [-0.1, -0.05) is 79.4 Å². The molecule has 0 heteroatoms. The van der Waals surface area contributed by atoms with Crippen molar-refractivity contribution in [3.63, 3.8) is 0 Å². The van der Waals surface area contributed by atoms with E-state index in [2.05, 4.69) is 73.3 Å². The van der Waals surface area contributed by atoms with Gasteiger partial charge in [-0.05, 0) is 33.9 Å². The Morgan fingerprint density at radius 1 is 0.789 bits per heavy atom. The molecule has 0 aromatic heterocycles. The summed E-state index contributed by atoms with van der Waals surface area (Å²) in [6, 6.07) is 23.5. The Morgan fingerprint density at radius 2 is 1.53 bits per heavy atom. The van der Waals surface area contributed by atoms with E-state index in [9.17, 15) is 0 Å². The Morgan fingerprint density at radius 3 is 2.32 bits per heavy atom. The van der Waals surface area contributed by atoms with E-state index < -0.39 is 0 Å². The van der Waals surface area contributed by atoms with Crippen LogP contribution in [-0.2, 0) is 6.42 Å². The van der Waals surface area contributed by atoms with E-state index >= 15 is 0 Å². The number of hydrogen-bond acceptors (Lipinski definition) is 0. The molecule has 19 heavy (non-hydrogen) atoms. The Bertz CT molecular complexity index is 708. The minimum absolute atomic E-state index is 0.948. The Hall–Kier alpha value is -2.34. The highest BCUT2D eigenvalue weighted by molar-refractivity contribution is 5.89. The molecule has 0 spiro atoms. The highest BCUT2D eigenvalue weighted by Gasteiger charge is 2.06. The van der Waals surface area contributed by atoms with Crippen molar-refractivity contribution in [3.05, 3.63) is 90.0 Å². The van der Waals surface area contributed by atoms with E-state index in [4.69, 9.17) is 0 Å². The first-order chi connectivity index (χ1) is 9.38. The second kappa shape index (κ2) is 5.11. The fraction of sp³-hybridized carbons (Fsp3) is 0.0526. The third-order valence-corrected chi connectivity index (χ3v) is 3.52. The summed E-state index contributed by atoms with van der Waals surface area (Å²) in [5.41, 5.74) is 3.92. The molecule has 0 heterocycles. The predicted molar refractivity (Wildman–Crippen MR) is 83.3 cm³/mol. The van der Waals surface area contributed by atoms with Crippen LogP contribution in [0.15, 0.2) is 73.3 Å². The molecule has 0 saturated heterocycles. The first-order valence-electron chi connectivity index (χ1n) is 6.55. The van der Waals surface area contributed by atoms with Crippen LogP contribution in [0, 0.1) is 0 Å². The molecule has 92 valence electrons. The normalized spacial score (nSPS) is 10.5. The Kier molecular flexibility index (Phi) is 3.16. The lowest BCUT2D eigenvalue weighted by atomic mass is 9.94. The van der Waals surface area contributed by atoms with E-state index in [0.717, 1.165) is 6.42 Å². The van der Waals surface area contributed by atoms with E-state index in [1.165, 1.54) is 27.5 Å². The molecule has 3 aromatic carbocycles. The van der Waals surface area contributed by atoms with E-state index in [-0.39, 0.29) is 0 Å². The molecule has 3 aromatic rings. The lowest BCUT2D eigenvalue weighted by molar-refractivity contribution is 1.21. The lowest BCUT2D eigenvalue weighted by Gasteiger charge is -2.11. The molecule has 0 radical (unpaired) electrons. The predicted octanol–water partition coefficient (Wildman–Crippen LogP) is 5.07. The van der Waals surface area contributed by atoms with Crippen LogP contribution in [-0.4, -0.2) is 0 Å². The van der Waals surface area contributed by atoms with E-state index in [0.29, 0.717) is 0 Å². The quantitative estimate of drug-likeness (QED) is 0.603. The summed E-state index contributed by atoms with van der Waals surface area (Å²) in [7, 11) is 0. The van der Waals surface area contributed by atoms with Gasteiger partial charge in [0.05, 0.1) is 0 Å². The molecule has 0 aliphatic rings. The molecule has 0 N–H and O–H groups in total. The van der Waals surface area contributed by atoms with Crippen molar-refractivity contribution in [1.82, 2.24) is 0 Å². The van der Waals surface area contributed by atoms with Gasteiger partial charge in [-0.3, -0.25) is 0 Å². The smallest absolute Gasteiger partial charge is 0.00137 e. The van der Waals surface area contributed by atoms with Gasteiger partial charge in [-0.25, -0.2) is 0 Å². The zero-order valence-electron chi connectivity index (χ0n) is 10.8. The van der Waals surface area contributed by atoms with Gasteiger partial charge in [-0.15, -0.1) is 0 Å². The minimum Gasteiger partial charge on any atom is -0.0985 e. The molecular formula is C19H16. The standard InChI is InChI=1S/C19H16/c1-2-16-12-13-17-10-6-7-11-18(17)19(16)14-15-8-4-3-5-9-15/h2-13H,1,14H2. The monoisotopic (exact) mass is 244 g/mol. The van der Waals surface area contributed by atoms with Crippen molar-refractivity contribution < 1.29 is 0 Å². The molecule has 0 saturated carbocycles. The number of rotatable bonds is 3. The maximum atomic E-state index is 3.94. The molecule has 0 bridgehead atoms. The van der Waals surface area contributed by atoms with Crippen LogP contribution < -0.4 is 0 Å². The first-order valence-corrected chi connectivity index (χ1v) is 6.55. The average Bonchev–Trinajstić information content (AvgIpc) is 2.49. The molecule has 0 aliphatic heterocycles. The van der Waals surface area contributed by atoms with Crippen molar-refractivity contribution in [2.24, 2.45) is 0 Å². The van der Waals surface area contributed by atoms with Crippen molar-refractivity contribution in [2.45, 2.75) is 6.42 Å². The Balaban J connectivity index is 2.17. The summed E-state index contributed by atoms with van der Waals surface area (Å²) < 4.78 is 0. The summed E-state index contributed by atoms with van der Waals surface area (Å²) in [5.74, 6) is 0. The zero-order chi connectivity index (χ0) is 13.1. The van der Waals surface area contributed by atoms with Gasteiger partial charge in [0, 0.05) is 0 Å². The van der Waals surface area contributed by atoms with Crippen molar-refractivity contribution in [3.8, 4) is 0 Å². The van der Waals surface area contributed by atoms with Gasteiger partial charge in [0.1, 0.15) is 0 Å². The summed E-state index contributed by atoms with van der Waals surface area (Å²) >= 11 is 0. The summed E-state index contributed by atoms with van der Waals surface area (Å²) in [6.45, 7) is 3.94. The second-order valence-corrected chi connectivity index (χ2v) is 4.72. The molecule has 0 nitrogen and oxygen atoms in total. The highest BCUT2D eigenvalue weighted by atomic mass is 14.1. The molecular weight excluding hydrogens is 228 g/mol. The fourth-order valence-electron chi connectivity index (χ4n) is 2.54. The molecule has 0 aliphatic carbocycles. The van der Waals surface area contributed by atoms with Gasteiger partial charge in [-0.2, -0.15) is 0 Å². The fourth-order valence-corrected chi connectivity index (χ4v) is 2.54.